The number of carbonyl (C=O) groups is 1. The van der Waals surface area contributed by atoms with Crippen LogP contribution in [0.25, 0.3) is 0 Å². The third-order valence-corrected chi connectivity index (χ3v) is 2.86. The standard InChI is InChI=1S/C9H14N4O5/c10-7-4(8(11)17)12-2-13(7)9-6(16)5(15)3(1-14)18-9/h2-3,5-6,9,14-16H,1,10H2,(H2,11,17)/t3-,5?,6+,9-/m1/s1. The molecule has 4 atom stereocenters. The molecule has 0 saturated carbocycles. The normalized spacial score (nSPS) is 31.7. The SMILES string of the molecule is NC(=O)c1ncn([C@@H]2O[C@H](CO)C(O)[C@@H]2O)c1N. The number of aromatic nitrogens is 2. The van der Waals surface area contributed by atoms with E-state index in [1.54, 1.807) is 0 Å². The number of nitrogens with two attached hydrogens (primary N) is 2. The molecule has 2 rings (SSSR count). The number of hydrogen-bond donors (Lipinski definition) is 5. The van der Waals surface area contributed by atoms with Gasteiger partial charge in [-0.3, -0.25) is 9.36 Å². The fourth-order valence-corrected chi connectivity index (χ4v) is 1.87. The molecule has 0 spiro atoms. The monoisotopic (exact) mass is 258 g/mol. The minimum absolute atomic E-state index is 0.0719. The Morgan fingerprint density at radius 3 is 2.61 bits per heavy atom. The van der Waals surface area contributed by atoms with Crippen molar-refractivity contribution in [3.63, 3.8) is 0 Å². The number of nitrogens with zero attached hydrogens (tertiary/aromatic N) is 2. The molecule has 1 saturated heterocycles. The van der Waals surface area contributed by atoms with Crippen molar-refractivity contribution in [1.29, 1.82) is 0 Å². The third-order valence-electron chi connectivity index (χ3n) is 2.86. The van der Waals surface area contributed by atoms with E-state index < -0.39 is 37.1 Å². The van der Waals surface area contributed by atoms with Gasteiger partial charge in [-0.15, -0.1) is 0 Å². The minimum atomic E-state index is -1.29. The Balaban J connectivity index is 2.30. The van der Waals surface area contributed by atoms with Crippen molar-refractivity contribution >= 4 is 11.7 Å². The van der Waals surface area contributed by atoms with Gasteiger partial charge in [-0.1, -0.05) is 0 Å². The van der Waals surface area contributed by atoms with Crippen molar-refractivity contribution < 1.29 is 24.9 Å². The van der Waals surface area contributed by atoms with E-state index >= 15 is 0 Å². The highest BCUT2D eigenvalue weighted by atomic mass is 16.6. The molecule has 7 N–H and O–H groups in total. The summed E-state index contributed by atoms with van der Waals surface area (Å²) in [7, 11) is 0. The van der Waals surface area contributed by atoms with E-state index in [4.69, 9.17) is 21.3 Å². The largest absolute Gasteiger partial charge is 0.394 e. The van der Waals surface area contributed by atoms with Crippen molar-refractivity contribution in [2.24, 2.45) is 5.73 Å². The van der Waals surface area contributed by atoms with E-state index in [2.05, 4.69) is 4.98 Å². The Hall–Kier alpha value is -1.68. The summed E-state index contributed by atoms with van der Waals surface area (Å²) in [4.78, 5) is 14.7. The summed E-state index contributed by atoms with van der Waals surface area (Å²) in [6.07, 6.45) is -3.32. The molecule has 1 fully saturated rings. The first-order chi connectivity index (χ1) is 8.47. The van der Waals surface area contributed by atoms with Crippen LogP contribution in [0.4, 0.5) is 5.82 Å². The van der Waals surface area contributed by atoms with Crippen LogP contribution in [0.3, 0.4) is 0 Å². The summed E-state index contributed by atoms with van der Waals surface area (Å²) < 4.78 is 6.42. The van der Waals surface area contributed by atoms with Crippen molar-refractivity contribution in [2.75, 3.05) is 12.3 Å². The molecule has 1 unspecified atom stereocenters. The Labute approximate surface area is 102 Å². The lowest BCUT2D eigenvalue weighted by molar-refractivity contribution is -0.0518. The summed E-state index contributed by atoms with van der Waals surface area (Å²) in [6.45, 7) is -0.452. The van der Waals surface area contributed by atoms with Crippen LogP contribution >= 0.6 is 0 Å². The van der Waals surface area contributed by atoms with Crippen LogP contribution in [-0.2, 0) is 4.74 Å². The number of amides is 1. The van der Waals surface area contributed by atoms with E-state index in [0.717, 1.165) is 0 Å². The topological polar surface area (TPSA) is 157 Å². The number of imidazole rings is 1. The molecule has 0 aliphatic carbocycles. The molecule has 1 aliphatic rings. The molecular weight excluding hydrogens is 244 g/mol. The van der Waals surface area contributed by atoms with Crippen LogP contribution in [0.1, 0.15) is 16.7 Å². The average molecular weight is 258 g/mol. The molecular formula is C9H14N4O5. The molecule has 1 aromatic heterocycles. The number of nitrogen functional groups attached to an aromatic ring is 1. The number of primary amides is 1. The van der Waals surface area contributed by atoms with Gasteiger partial charge in [0.1, 0.15) is 24.1 Å². The zero-order chi connectivity index (χ0) is 13.4. The molecule has 1 amide bonds. The lowest BCUT2D eigenvalue weighted by atomic mass is 10.1. The van der Waals surface area contributed by atoms with Crippen LogP contribution in [0.5, 0.6) is 0 Å². The molecule has 1 aromatic rings. The zero-order valence-corrected chi connectivity index (χ0v) is 9.30. The third kappa shape index (κ3) is 1.82. The van der Waals surface area contributed by atoms with Crippen LogP contribution < -0.4 is 11.5 Å². The first-order valence-corrected chi connectivity index (χ1v) is 5.22. The fraction of sp³-hybridized carbons (Fsp3) is 0.556. The maximum atomic E-state index is 11.0. The predicted molar refractivity (Wildman–Crippen MR) is 58.2 cm³/mol. The second-order valence-corrected chi connectivity index (χ2v) is 3.98. The summed E-state index contributed by atoms with van der Waals surface area (Å²) >= 11 is 0. The summed E-state index contributed by atoms with van der Waals surface area (Å²) in [5.41, 5.74) is 10.6. The average Bonchev–Trinajstić information content (AvgIpc) is 2.82. The first kappa shape index (κ1) is 12.8. The smallest absolute Gasteiger partial charge is 0.271 e. The van der Waals surface area contributed by atoms with Crippen LogP contribution in [0, 0.1) is 0 Å². The van der Waals surface area contributed by atoms with E-state index in [9.17, 15) is 15.0 Å². The molecule has 0 aromatic carbocycles. The van der Waals surface area contributed by atoms with Crippen molar-refractivity contribution in [3.8, 4) is 0 Å². The highest BCUT2D eigenvalue weighted by molar-refractivity contribution is 5.95. The maximum absolute atomic E-state index is 11.0. The summed E-state index contributed by atoms with van der Waals surface area (Å²) in [5.74, 6) is -0.879. The van der Waals surface area contributed by atoms with E-state index in [1.807, 2.05) is 0 Å². The number of rotatable bonds is 3. The van der Waals surface area contributed by atoms with Crippen molar-refractivity contribution in [3.05, 3.63) is 12.0 Å². The maximum Gasteiger partial charge on any atom is 0.271 e. The number of aliphatic hydroxyl groups excluding tert-OH is 3. The van der Waals surface area contributed by atoms with E-state index in [-0.39, 0.29) is 11.5 Å². The second kappa shape index (κ2) is 4.53. The Morgan fingerprint density at radius 2 is 2.17 bits per heavy atom. The summed E-state index contributed by atoms with van der Waals surface area (Å²) in [6, 6.07) is 0. The van der Waals surface area contributed by atoms with Gasteiger partial charge in [-0.05, 0) is 0 Å². The number of hydrogen-bond acceptors (Lipinski definition) is 7. The molecule has 1 aliphatic heterocycles. The van der Waals surface area contributed by atoms with Gasteiger partial charge >= 0.3 is 0 Å². The van der Waals surface area contributed by atoms with Gasteiger partial charge in [0.2, 0.25) is 0 Å². The fourth-order valence-electron chi connectivity index (χ4n) is 1.87. The molecule has 9 nitrogen and oxygen atoms in total. The van der Waals surface area contributed by atoms with Crippen LogP contribution in [0.2, 0.25) is 0 Å². The highest BCUT2D eigenvalue weighted by Crippen LogP contribution is 2.31. The Bertz CT molecular complexity index is 462. The lowest BCUT2D eigenvalue weighted by Crippen LogP contribution is -2.33. The number of aliphatic hydroxyl groups is 3. The molecule has 2 heterocycles. The summed E-state index contributed by atoms with van der Waals surface area (Å²) in [5, 5.41) is 28.3. The molecule has 0 radical (unpaired) electrons. The Morgan fingerprint density at radius 1 is 1.50 bits per heavy atom. The number of carbonyl (C=O) groups excluding carboxylic acids is 1. The van der Waals surface area contributed by atoms with Gasteiger partial charge in [0.15, 0.2) is 11.9 Å². The van der Waals surface area contributed by atoms with Gasteiger partial charge in [0.25, 0.3) is 5.91 Å². The van der Waals surface area contributed by atoms with Crippen molar-refractivity contribution in [2.45, 2.75) is 24.5 Å². The van der Waals surface area contributed by atoms with Crippen LogP contribution in [0.15, 0.2) is 6.33 Å². The molecule has 100 valence electrons. The minimum Gasteiger partial charge on any atom is -0.394 e. The number of ether oxygens (including phenoxy) is 1. The predicted octanol–water partition coefficient (Wildman–Crippen LogP) is -2.82. The quantitative estimate of drug-likeness (QED) is 0.391. The van der Waals surface area contributed by atoms with Crippen molar-refractivity contribution in [1.82, 2.24) is 9.55 Å². The van der Waals surface area contributed by atoms with Gasteiger partial charge in [-0.25, -0.2) is 4.98 Å². The van der Waals surface area contributed by atoms with Gasteiger partial charge in [-0.2, -0.15) is 0 Å². The first-order valence-electron chi connectivity index (χ1n) is 5.22. The van der Waals surface area contributed by atoms with Gasteiger partial charge < -0.3 is 31.5 Å². The molecule has 9 heteroatoms. The second-order valence-electron chi connectivity index (χ2n) is 3.98. The Kier molecular flexibility index (Phi) is 3.22. The van der Waals surface area contributed by atoms with Gasteiger partial charge in [0, 0.05) is 0 Å². The van der Waals surface area contributed by atoms with E-state index in [1.165, 1.54) is 10.9 Å². The van der Waals surface area contributed by atoms with Crippen LogP contribution in [-0.4, -0.2) is 55.7 Å². The highest BCUT2D eigenvalue weighted by Gasteiger charge is 2.44. The lowest BCUT2D eigenvalue weighted by Gasteiger charge is -2.17. The molecule has 0 bridgehead atoms. The number of anilines is 1. The molecule has 18 heavy (non-hydrogen) atoms. The van der Waals surface area contributed by atoms with E-state index in [0.29, 0.717) is 0 Å². The van der Waals surface area contributed by atoms with Gasteiger partial charge in [0.05, 0.1) is 12.9 Å². The zero-order valence-electron chi connectivity index (χ0n) is 9.30.